The highest BCUT2D eigenvalue weighted by Crippen LogP contribution is 2.68. The summed E-state index contributed by atoms with van der Waals surface area (Å²) in [5.41, 5.74) is 4.74. The van der Waals surface area contributed by atoms with Crippen LogP contribution in [0.3, 0.4) is 0 Å². The molecule has 154 valence electrons. The van der Waals surface area contributed by atoms with Crippen molar-refractivity contribution in [2.24, 2.45) is 11.3 Å². The Labute approximate surface area is 178 Å². The Morgan fingerprint density at radius 3 is 3.07 bits per heavy atom. The van der Waals surface area contributed by atoms with Gasteiger partial charge in [-0.1, -0.05) is 31.2 Å². The summed E-state index contributed by atoms with van der Waals surface area (Å²) in [4.78, 5) is 4.36. The number of hydrogen-bond donors (Lipinski definition) is 1. The van der Waals surface area contributed by atoms with Crippen molar-refractivity contribution in [2.45, 2.75) is 62.6 Å². The Morgan fingerprint density at radius 1 is 1.13 bits per heavy atom. The van der Waals surface area contributed by atoms with Crippen molar-refractivity contribution < 1.29 is 4.74 Å². The maximum atomic E-state index is 7.20. The summed E-state index contributed by atoms with van der Waals surface area (Å²) in [5.74, 6) is 1.20. The lowest BCUT2D eigenvalue weighted by atomic mass is 9.58. The van der Waals surface area contributed by atoms with E-state index in [-0.39, 0.29) is 16.6 Å². The second kappa shape index (κ2) is 5.83. The van der Waals surface area contributed by atoms with Gasteiger partial charge in [-0.2, -0.15) is 0 Å². The van der Waals surface area contributed by atoms with Gasteiger partial charge in [0.2, 0.25) is 0 Å². The SMILES string of the molecule is C[C@]12CC=C3C=C4CCNC[C@]45CC[C@]3(O5)[C@@H]1CC[C@@H]2c1ccc2ccncc2c1. The Kier molecular flexibility index (Phi) is 3.44. The average Bonchev–Trinajstić information content (AvgIpc) is 3.29. The largest absolute Gasteiger partial charge is 0.358 e. The molecule has 0 amide bonds. The van der Waals surface area contributed by atoms with Gasteiger partial charge in [-0.05, 0) is 96.5 Å². The molecule has 2 bridgehead atoms. The van der Waals surface area contributed by atoms with Crippen LogP contribution in [-0.2, 0) is 4.74 Å². The molecule has 1 aromatic carbocycles. The van der Waals surface area contributed by atoms with E-state index >= 15 is 0 Å². The minimum Gasteiger partial charge on any atom is -0.358 e. The molecule has 3 fully saturated rings. The van der Waals surface area contributed by atoms with Crippen LogP contribution in [0.15, 0.2) is 60.0 Å². The second-order valence-electron chi connectivity index (χ2n) is 10.6. The zero-order chi connectivity index (χ0) is 20.0. The van der Waals surface area contributed by atoms with E-state index in [9.17, 15) is 0 Å². The molecule has 30 heavy (non-hydrogen) atoms. The molecule has 3 aliphatic heterocycles. The summed E-state index contributed by atoms with van der Waals surface area (Å²) < 4.78 is 7.20. The Balaban J connectivity index is 1.32. The number of ether oxygens (including phenoxy) is 1. The molecule has 1 saturated carbocycles. The first-order valence-corrected chi connectivity index (χ1v) is 11.8. The van der Waals surface area contributed by atoms with Crippen LogP contribution in [0, 0.1) is 11.3 Å². The number of aromatic nitrogens is 1. The Bertz CT molecular complexity index is 1120. The first-order valence-electron chi connectivity index (χ1n) is 11.8. The standard InChI is InChI=1S/C27H30N2O/c1-25-9-6-22-15-21-8-13-29-17-26(21)10-11-27(22,30-26)24(25)5-4-23(25)19-3-2-18-7-12-28-16-20(18)14-19/h2-3,6-7,12,14-16,23-24,29H,4-5,8-11,13,17H2,1H3/t23-,24-,25-,26-,27-/m1/s1. The van der Waals surface area contributed by atoms with Crippen molar-refractivity contribution in [2.75, 3.05) is 13.1 Å². The number of allylic oxidation sites excluding steroid dienone is 1. The number of hydrogen-bond acceptors (Lipinski definition) is 3. The van der Waals surface area contributed by atoms with E-state index < -0.39 is 0 Å². The van der Waals surface area contributed by atoms with Gasteiger partial charge in [0.1, 0.15) is 5.60 Å². The van der Waals surface area contributed by atoms with Crippen LogP contribution in [0.2, 0.25) is 0 Å². The minimum atomic E-state index is -0.0529. The van der Waals surface area contributed by atoms with Crippen molar-refractivity contribution >= 4 is 10.8 Å². The summed E-state index contributed by atoms with van der Waals surface area (Å²) in [6.45, 7) is 4.65. The van der Waals surface area contributed by atoms with Crippen molar-refractivity contribution in [3.63, 3.8) is 0 Å². The first kappa shape index (κ1) is 17.7. The number of pyridine rings is 1. The predicted octanol–water partition coefficient (Wildman–Crippen LogP) is 5.29. The van der Waals surface area contributed by atoms with E-state index in [0.29, 0.717) is 11.8 Å². The molecule has 0 radical (unpaired) electrons. The lowest BCUT2D eigenvalue weighted by molar-refractivity contribution is -0.129. The van der Waals surface area contributed by atoms with E-state index in [0.717, 1.165) is 19.5 Å². The minimum absolute atomic E-state index is 0.0272. The summed E-state index contributed by atoms with van der Waals surface area (Å²) in [6.07, 6.45) is 16.2. The van der Waals surface area contributed by atoms with Gasteiger partial charge in [0, 0.05) is 24.3 Å². The van der Waals surface area contributed by atoms with Crippen LogP contribution in [-0.4, -0.2) is 29.3 Å². The highest BCUT2D eigenvalue weighted by atomic mass is 16.5. The van der Waals surface area contributed by atoms with E-state index in [2.05, 4.69) is 53.6 Å². The van der Waals surface area contributed by atoms with Gasteiger partial charge in [-0.15, -0.1) is 0 Å². The molecule has 4 heterocycles. The quantitative estimate of drug-likeness (QED) is 0.709. The summed E-state index contributed by atoms with van der Waals surface area (Å²) in [5, 5.41) is 6.18. The van der Waals surface area contributed by atoms with Gasteiger partial charge in [0.25, 0.3) is 0 Å². The maximum absolute atomic E-state index is 7.20. The molecule has 2 aromatic rings. The van der Waals surface area contributed by atoms with Gasteiger partial charge in [-0.3, -0.25) is 4.98 Å². The topological polar surface area (TPSA) is 34.1 Å². The number of nitrogens with zero attached hydrogens (tertiary/aromatic N) is 1. The Morgan fingerprint density at radius 2 is 2.10 bits per heavy atom. The fraction of sp³-hybridized carbons (Fsp3) is 0.519. The number of rotatable bonds is 1. The Hall–Kier alpha value is -1.97. The van der Waals surface area contributed by atoms with Crippen LogP contribution in [0.5, 0.6) is 0 Å². The molecule has 1 aromatic heterocycles. The fourth-order valence-corrected chi connectivity index (χ4v) is 7.92. The van der Waals surface area contributed by atoms with Crippen LogP contribution < -0.4 is 5.32 Å². The molecule has 3 heteroatoms. The van der Waals surface area contributed by atoms with Gasteiger partial charge in [-0.25, -0.2) is 0 Å². The average molecular weight is 399 g/mol. The fourth-order valence-electron chi connectivity index (χ4n) is 7.92. The van der Waals surface area contributed by atoms with Crippen molar-refractivity contribution in [3.05, 3.63) is 65.5 Å². The van der Waals surface area contributed by atoms with Gasteiger partial charge in [0.05, 0.1) is 5.60 Å². The highest BCUT2D eigenvalue weighted by Gasteiger charge is 2.66. The normalized spacial score (nSPS) is 41.6. The van der Waals surface area contributed by atoms with Crippen LogP contribution in [0.1, 0.15) is 56.9 Å². The van der Waals surface area contributed by atoms with Crippen molar-refractivity contribution in [1.29, 1.82) is 0 Å². The third-order valence-electron chi connectivity index (χ3n) is 9.39. The number of fused-ring (bicyclic) bond motifs is 2. The molecule has 1 N–H and O–H groups in total. The molecule has 2 saturated heterocycles. The van der Waals surface area contributed by atoms with Gasteiger partial charge >= 0.3 is 0 Å². The van der Waals surface area contributed by atoms with Gasteiger partial charge in [0.15, 0.2) is 0 Å². The van der Waals surface area contributed by atoms with Crippen LogP contribution in [0.25, 0.3) is 10.8 Å². The monoisotopic (exact) mass is 398 g/mol. The number of benzene rings is 1. The first-order chi connectivity index (χ1) is 14.6. The molecular formula is C27H30N2O. The van der Waals surface area contributed by atoms with E-state index in [1.807, 2.05) is 12.4 Å². The molecule has 2 aliphatic carbocycles. The molecule has 2 spiro atoms. The molecular weight excluding hydrogens is 368 g/mol. The highest BCUT2D eigenvalue weighted by molar-refractivity contribution is 5.82. The second-order valence-corrected chi connectivity index (χ2v) is 10.6. The van der Waals surface area contributed by atoms with Crippen molar-refractivity contribution in [3.8, 4) is 0 Å². The zero-order valence-electron chi connectivity index (χ0n) is 17.8. The van der Waals surface area contributed by atoms with Crippen LogP contribution >= 0.6 is 0 Å². The third kappa shape index (κ3) is 2.10. The van der Waals surface area contributed by atoms with Gasteiger partial charge < -0.3 is 10.1 Å². The summed E-state index contributed by atoms with van der Waals surface area (Å²) in [6, 6.07) is 9.18. The lowest BCUT2D eigenvalue weighted by Crippen LogP contribution is -2.56. The van der Waals surface area contributed by atoms with E-state index in [4.69, 9.17) is 4.74 Å². The lowest BCUT2D eigenvalue weighted by Gasteiger charge is -2.54. The van der Waals surface area contributed by atoms with Crippen molar-refractivity contribution in [1.82, 2.24) is 10.3 Å². The predicted molar refractivity (Wildman–Crippen MR) is 119 cm³/mol. The van der Waals surface area contributed by atoms with E-state index in [1.165, 1.54) is 54.0 Å². The molecule has 5 aliphatic rings. The zero-order valence-corrected chi connectivity index (χ0v) is 17.8. The summed E-state index contributed by atoms with van der Waals surface area (Å²) in [7, 11) is 0. The third-order valence-corrected chi connectivity index (χ3v) is 9.39. The molecule has 7 rings (SSSR count). The molecule has 5 atom stereocenters. The maximum Gasteiger partial charge on any atom is 0.103 e. The number of nitrogens with one attached hydrogen (secondary N) is 1. The van der Waals surface area contributed by atoms with Crippen LogP contribution in [0.4, 0.5) is 0 Å². The van der Waals surface area contributed by atoms with E-state index in [1.54, 1.807) is 5.57 Å². The smallest absolute Gasteiger partial charge is 0.103 e. The summed E-state index contributed by atoms with van der Waals surface area (Å²) >= 11 is 0. The number of piperidine rings is 1. The molecule has 3 nitrogen and oxygen atoms in total. The molecule has 0 unspecified atom stereocenters.